The number of halogens is 3. The van der Waals surface area contributed by atoms with E-state index >= 15 is 0 Å². The number of hydrogen-bond donors (Lipinski definition) is 0. The van der Waals surface area contributed by atoms with Gasteiger partial charge in [0.15, 0.2) is 0 Å². The predicted molar refractivity (Wildman–Crippen MR) is 56.4 cm³/mol. The summed E-state index contributed by atoms with van der Waals surface area (Å²) in [5, 5.41) is 9.28. The Labute approximate surface area is 92.6 Å². The van der Waals surface area contributed by atoms with Gasteiger partial charge in [-0.25, -0.2) is 0 Å². The molecule has 0 N–H and O–H groups in total. The van der Waals surface area contributed by atoms with Gasteiger partial charge >= 0.3 is 0 Å². The van der Waals surface area contributed by atoms with E-state index in [1.54, 1.807) is 12.1 Å². The second-order valence-electron chi connectivity index (χ2n) is 2.16. The summed E-state index contributed by atoms with van der Waals surface area (Å²) in [6, 6.07) is 7.43. The number of hydrogen-bond acceptors (Lipinski definition) is 1. The van der Waals surface area contributed by atoms with Gasteiger partial charge in [-0.2, -0.15) is 5.26 Å². The van der Waals surface area contributed by atoms with Crippen LogP contribution in [-0.4, -0.2) is 0 Å². The van der Waals surface area contributed by atoms with Crippen LogP contribution in [0.1, 0.15) is 10.4 Å². The van der Waals surface area contributed by atoms with E-state index in [1.165, 1.54) is 0 Å². The normalized spacial score (nSPS) is 12.2. The molecule has 1 unspecified atom stereocenters. The number of alkyl halides is 1. The van der Waals surface area contributed by atoms with Crippen LogP contribution in [0.2, 0.25) is 5.02 Å². The lowest BCUT2D eigenvalue weighted by Crippen LogP contribution is -1.87. The van der Waals surface area contributed by atoms with Crippen LogP contribution in [0.5, 0.6) is 0 Å². The van der Waals surface area contributed by atoms with Gasteiger partial charge in [0.25, 0.3) is 0 Å². The van der Waals surface area contributed by atoms with Gasteiger partial charge in [0.05, 0.1) is 6.07 Å². The van der Waals surface area contributed by atoms with Crippen LogP contribution in [0.3, 0.4) is 0 Å². The van der Waals surface area contributed by atoms with Gasteiger partial charge in [-0.15, -0.1) is 0 Å². The summed E-state index contributed by atoms with van der Waals surface area (Å²) in [4.78, 5) is -0.314. The van der Waals surface area contributed by atoms with Crippen molar-refractivity contribution < 1.29 is 0 Å². The fraction of sp³-hybridized carbons (Fsp3) is 0.125. The Morgan fingerprint density at radius 1 is 1.50 bits per heavy atom. The molecule has 0 aliphatic rings. The predicted octanol–water partition coefficient (Wildman–Crippen LogP) is 4.06. The zero-order chi connectivity index (χ0) is 9.14. The van der Waals surface area contributed by atoms with E-state index in [0.717, 1.165) is 10.0 Å². The van der Waals surface area contributed by atoms with Crippen LogP contribution in [-0.2, 0) is 0 Å². The number of nitriles is 1. The highest BCUT2D eigenvalue weighted by Gasteiger charge is 2.09. The van der Waals surface area contributed by atoms with Gasteiger partial charge in [-0.05, 0) is 23.8 Å². The van der Waals surface area contributed by atoms with Gasteiger partial charge in [0.1, 0.15) is 4.83 Å². The Kier molecular flexibility index (Phi) is 3.57. The lowest BCUT2D eigenvalue weighted by atomic mass is 10.2. The lowest BCUT2D eigenvalue weighted by molar-refractivity contribution is 1.23. The molecule has 0 aliphatic carbocycles. The molecule has 0 aromatic heterocycles. The van der Waals surface area contributed by atoms with Crippen molar-refractivity contribution in [2.24, 2.45) is 0 Å². The standard InChI is InChI=1S/C8H4Br2ClN/c9-7-2-1-5(11)3-6(7)8(10)4-12/h1-3,8H. The third kappa shape index (κ3) is 2.22. The van der Waals surface area contributed by atoms with Crippen LogP contribution < -0.4 is 0 Å². The maximum absolute atomic E-state index is 8.64. The van der Waals surface area contributed by atoms with Crippen molar-refractivity contribution in [2.45, 2.75) is 4.83 Å². The largest absolute Gasteiger partial charge is 0.197 e. The first-order valence-electron chi connectivity index (χ1n) is 3.14. The molecule has 0 fully saturated rings. The highest BCUT2D eigenvalue weighted by Crippen LogP contribution is 2.31. The molecular formula is C8H4Br2ClN. The molecule has 1 nitrogen and oxygen atoms in total. The van der Waals surface area contributed by atoms with E-state index in [9.17, 15) is 0 Å². The number of rotatable bonds is 1. The molecule has 0 radical (unpaired) electrons. The minimum absolute atomic E-state index is 0.314. The van der Waals surface area contributed by atoms with Crippen molar-refractivity contribution in [1.29, 1.82) is 5.26 Å². The molecule has 0 bridgehead atoms. The van der Waals surface area contributed by atoms with Crippen molar-refractivity contribution in [1.82, 2.24) is 0 Å². The zero-order valence-corrected chi connectivity index (χ0v) is 9.82. The summed E-state index contributed by atoms with van der Waals surface area (Å²) >= 11 is 12.3. The average Bonchev–Trinajstić information content (AvgIpc) is 2.08. The van der Waals surface area contributed by atoms with E-state index in [4.69, 9.17) is 16.9 Å². The first kappa shape index (κ1) is 10.0. The minimum Gasteiger partial charge on any atom is -0.197 e. The van der Waals surface area contributed by atoms with E-state index in [0.29, 0.717) is 5.02 Å². The second kappa shape index (κ2) is 4.27. The summed E-state index contributed by atoms with van der Waals surface area (Å²) in [5.74, 6) is 0. The van der Waals surface area contributed by atoms with Crippen LogP contribution >= 0.6 is 43.5 Å². The van der Waals surface area contributed by atoms with Crippen molar-refractivity contribution in [3.05, 3.63) is 33.3 Å². The average molecular weight is 309 g/mol. The van der Waals surface area contributed by atoms with E-state index in [2.05, 4.69) is 37.9 Å². The fourth-order valence-corrected chi connectivity index (χ4v) is 2.12. The SMILES string of the molecule is N#CC(Br)c1cc(Cl)ccc1Br. The molecule has 12 heavy (non-hydrogen) atoms. The fourth-order valence-electron chi connectivity index (χ4n) is 0.778. The minimum atomic E-state index is -0.314. The molecule has 1 rings (SSSR count). The Morgan fingerprint density at radius 2 is 2.17 bits per heavy atom. The first-order chi connectivity index (χ1) is 5.65. The van der Waals surface area contributed by atoms with Crippen molar-refractivity contribution >= 4 is 43.5 Å². The smallest absolute Gasteiger partial charge is 0.127 e. The molecule has 1 aromatic rings. The molecular weight excluding hydrogens is 305 g/mol. The van der Waals surface area contributed by atoms with Crippen LogP contribution in [0.4, 0.5) is 0 Å². The Bertz CT molecular complexity index is 332. The number of nitrogens with zero attached hydrogens (tertiary/aromatic N) is 1. The molecule has 0 aliphatic heterocycles. The molecule has 0 spiro atoms. The van der Waals surface area contributed by atoms with Crippen molar-refractivity contribution in [3.8, 4) is 6.07 Å². The highest BCUT2D eigenvalue weighted by atomic mass is 79.9. The van der Waals surface area contributed by atoms with Crippen LogP contribution in [0.25, 0.3) is 0 Å². The molecule has 62 valence electrons. The topological polar surface area (TPSA) is 23.8 Å². The van der Waals surface area contributed by atoms with E-state index in [-0.39, 0.29) is 4.83 Å². The van der Waals surface area contributed by atoms with Gasteiger partial charge in [-0.1, -0.05) is 43.5 Å². The summed E-state index contributed by atoms with van der Waals surface area (Å²) in [6.45, 7) is 0. The first-order valence-corrected chi connectivity index (χ1v) is 5.22. The lowest BCUT2D eigenvalue weighted by Gasteiger charge is -2.04. The molecule has 0 saturated heterocycles. The van der Waals surface area contributed by atoms with Crippen molar-refractivity contribution in [2.75, 3.05) is 0 Å². The summed E-state index contributed by atoms with van der Waals surface area (Å²) in [7, 11) is 0. The van der Waals surface area contributed by atoms with E-state index < -0.39 is 0 Å². The zero-order valence-electron chi connectivity index (χ0n) is 5.89. The summed E-state index contributed by atoms with van der Waals surface area (Å²) < 4.78 is 0.885. The van der Waals surface area contributed by atoms with Gasteiger partial charge < -0.3 is 0 Å². The van der Waals surface area contributed by atoms with Gasteiger partial charge in [0, 0.05) is 9.50 Å². The summed E-state index contributed by atoms with van der Waals surface area (Å²) in [6.07, 6.45) is 0. The molecule has 1 aromatic carbocycles. The molecule has 0 heterocycles. The van der Waals surface area contributed by atoms with Crippen molar-refractivity contribution in [3.63, 3.8) is 0 Å². The van der Waals surface area contributed by atoms with Crippen LogP contribution in [0, 0.1) is 11.3 Å². The third-order valence-electron chi connectivity index (χ3n) is 1.34. The molecule has 0 saturated carbocycles. The monoisotopic (exact) mass is 307 g/mol. The highest BCUT2D eigenvalue weighted by molar-refractivity contribution is 9.11. The van der Waals surface area contributed by atoms with Gasteiger partial charge in [-0.3, -0.25) is 0 Å². The Morgan fingerprint density at radius 3 is 2.75 bits per heavy atom. The Balaban J connectivity index is 3.15. The maximum Gasteiger partial charge on any atom is 0.127 e. The quantitative estimate of drug-likeness (QED) is 0.718. The molecule has 0 amide bonds. The Hall–Kier alpha value is -0.0400. The maximum atomic E-state index is 8.64. The summed E-state index contributed by atoms with van der Waals surface area (Å²) in [5.41, 5.74) is 0.852. The van der Waals surface area contributed by atoms with Crippen LogP contribution in [0.15, 0.2) is 22.7 Å². The molecule has 4 heteroatoms. The number of benzene rings is 1. The van der Waals surface area contributed by atoms with E-state index in [1.807, 2.05) is 6.07 Å². The molecule has 1 atom stereocenters. The second-order valence-corrected chi connectivity index (χ2v) is 4.36. The third-order valence-corrected chi connectivity index (χ3v) is 3.00. The van der Waals surface area contributed by atoms with Gasteiger partial charge in [0.2, 0.25) is 0 Å².